The van der Waals surface area contributed by atoms with Crippen LogP contribution in [0, 0.1) is 11.3 Å². The van der Waals surface area contributed by atoms with Gasteiger partial charge in [-0.15, -0.1) is 0 Å². The predicted molar refractivity (Wildman–Crippen MR) is 99.2 cm³/mol. The van der Waals surface area contributed by atoms with Gasteiger partial charge in [0, 0.05) is 20.6 Å². The molecule has 26 heavy (non-hydrogen) atoms. The van der Waals surface area contributed by atoms with Gasteiger partial charge in [0.05, 0.1) is 18.7 Å². The van der Waals surface area contributed by atoms with E-state index < -0.39 is 11.3 Å². The molecule has 0 N–H and O–H groups in total. The summed E-state index contributed by atoms with van der Waals surface area (Å²) in [7, 11) is 3.33. The lowest BCUT2D eigenvalue weighted by Crippen LogP contribution is -2.54. The van der Waals surface area contributed by atoms with Crippen LogP contribution in [0.4, 0.5) is 0 Å². The summed E-state index contributed by atoms with van der Waals surface area (Å²) in [6.07, 6.45) is 5.40. The Hall–Kier alpha value is -1.45. The van der Waals surface area contributed by atoms with Crippen LogP contribution in [0.15, 0.2) is 30.3 Å². The van der Waals surface area contributed by atoms with Gasteiger partial charge in [-0.2, -0.15) is 5.26 Å². The van der Waals surface area contributed by atoms with Gasteiger partial charge in [-0.3, -0.25) is 4.90 Å². The second kappa shape index (κ2) is 8.06. The van der Waals surface area contributed by atoms with Gasteiger partial charge in [0.25, 0.3) is 0 Å². The van der Waals surface area contributed by atoms with Crippen molar-refractivity contribution in [2.75, 3.05) is 20.8 Å². The Labute approximate surface area is 156 Å². The number of ether oxygens (including phenoxy) is 3. The van der Waals surface area contributed by atoms with Gasteiger partial charge in [-0.1, -0.05) is 30.3 Å². The number of nitriles is 1. The van der Waals surface area contributed by atoms with E-state index in [9.17, 15) is 5.26 Å². The molecular formula is C21H30N2O3. The van der Waals surface area contributed by atoms with E-state index in [0.29, 0.717) is 6.61 Å². The summed E-state index contributed by atoms with van der Waals surface area (Å²) in [5.41, 5.74) is 0.748. The number of hydrogen-bond donors (Lipinski definition) is 0. The maximum Gasteiger partial charge on any atom is 0.164 e. The van der Waals surface area contributed by atoms with Gasteiger partial charge >= 0.3 is 0 Å². The molecule has 5 nitrogen and oxygen atoms in total. The molecule has 0 unspecified atom stereocenters. The smallest absolute Gasteiger partial charge is 0.164 e. The minimum Gasteiger partial charge on any atom is -0.361 e. The third-order valence-corrected chi connectivity index (χ3v) is 6.11. The molecule has 5 heteroatoms. The molecular weight excluding hydrogens is 328 g/mol. The zero-order valence-electron chi connectivity index (χ0n) is 16.1. The molecule has 2 aliphatic heterocycles. The minimum atomic E-state index is -0.592. The summed E-state index contributed by atoms with van der Waals surface area (Å²) >= 11 is 0. The first-order valence-electron chi connectivity index (χ1n) is 9.54. The highest BCUT2D eigenvalue weighted by molar-refractivity contribution is 5.24. The van der Waals surface area contributed by atoms with Crippen LogP contribution in [0.5, 0.6) is 0 Å². The van der Waals surface area contributed by atoms with Gasteiger partial charge < -0.3 is 14.2 Å². The quantitative estimate of drug-likeness (QED) is 0.689. The highest BCUT2D eigenvalue weighted by atomic mass is 16.7. The van der Waals surface area contributed by atoms with Crippen molar-refractivity contribution in [1.82, 2.24) is 4.90 Å². The Morgan fingerprint density at radius 2 is 2.04 bits per heavy atom. The van der Waals surface area contributed by atoms with Crippen LogP contribution in [-0.2, 0) is 14.2 Å². The van der Waals surface area contributed by atoms with Crippen molar-refractivity contribution < 1.29 is 14.2 Å². The van der Waals surface area contributed by atoms with Crippen molar-refractivity contribution >= 4 is 0 Å². The first kappa shape index (κ1) is 19.3. The topological polar surface area (TPSA) is 54.7 Å². The summed E-state index contributed by atoms with van der Waals surface area (Å²) in [4.78, 5) is 2.35. The van der Waals surface area contributed by atoms with Gasteiger partial charge in [-0.25, -0.2) is 0 Å². The molecule has 3 rings (SSSR count). The average Bonchev–Trinajstić information content (AvgIpc) is 3.14. The van der Waals surface area contributed by atoms with Crippen LogP contribution in [0.2, 0.25) is 0 Å². The largest absolute Gasteiger partial charge is 0.361 e. The monoisotopic (exact) mass is 358 g/mol. The van der Waals surface area contributed by atoms with E-state index in [4.69, 9.17) is 14.2 Å². The number of benzene rings is 1. The molecule has 2 heterocycles. The lowest BCUT2D eigenvalue weighted by atomic mass is 9.81. The third kappa shape index (κ3) is 3.65. The van der Waals surface area contributed by atoms with Crippen molar-refractivity contribution in [3.05, 3.63) is 35.9 Å². The molecule has 1 aromatic carbocycles. The second-order valence-corrected chi connectivity index (χ2v) is 7.55. The fourth-order valence-corrected chi connectivity index (χ4v) is 4.40. The number of hydrogen-bond acceptors (Lipinski definition) is 5. The van der Waals surface area contributed by atoms with Crippen LogP contribution >= 0.6 is 0 Å². The zero-order valence-corrected chi connectivity index (χ0v) is 16.1. The summed E-state index contributed by atoms with van der Waals surface area (Å²) in [5.74, 6) is -0.592. The van der Waals surface area contributed by atoms with Crippen LogP contribution in [-0.4, -0.2) is 43.3 Å². The van der Waals surface area contributed by atoms with Crippen molar-refractivity contribution in [2.24, 2.45) is 0 Å². The molecule has 2 saturated heterocycles. The van der Waals surface area contributed by atoms with Gasteiger partial charge in [0.2, 0.25) is 0 Å². The number of piperidine rings is 1. The fourth-order valence-electron chi connectivity index (χ4n) is 4.40. The summed E-state index contributed by atoms with van der Waals surface area (Å²) in [6.45, 7) is 2.60. The van der Waals surface area contributed by atoms with Crippen LogP contribution in [0.25, 0.3) is 0 Å². The lowest BCUT2D eigenvalue weighted by Gasteiger charge is -2.46. The van der Waals surface area contributed by atoms with Crippen LogP contribution < -0.4 is 0 Å². The van der Waals surface area contributed by atoms with E-state index >= 15 is 0 Å². The van der Waals surface area contributed by atoms with Crippen molar-refractivity contribution in [3.63, 3.8) is 0 Å². The van der Waals surface area contributed by atoms with Crippen LogP contribution in [0.1, 0.15) is 57.1 Å². The van der Waals surface area contributed by atoms with Crippen molar-refractivity contribution in [3.8, 4) is 6.07 Å². The number of nitrogens with zero attached hydrogens (tertiary/aromatic N) is 2. The first-order chi connectivity index (χ1) is 12.6. The Kier molecular flexibility index (Phi) is 5.99. The van der Waals surface area contributed by atoms with Gasteiger partial charge in [0.15, 0.2) is 5.79 Å². The molecule has 1 aromatic rings. The lowest BCUT2D eigenvalue weighted by molar-refractivity contribution is -0.198. The van der Waals surface area contributed by atoms with Crippen molar-refractivity contribution in [1.29, 1.82) is 5.26 Å². The Balaban J connectivity index is 1.79. The number of methoxy groups -OCH3 is 2. The third-order valence-electron chi connectivity index (χ3n) is 6.11. The zero-order chi connectivity index (χ0) is 18.6. The molecule has 0 aliphatic carbocycles. The highest BCUT2D eigenvalue weighted by Gasteiger charge is 2.51. The molecule has 0 radical (unpaired) electrons. The number of rotatable bonds is 7. The van der Waals surface area contributed by atoms with E-state index in [1.54, 1.807) is 14.2 Å². The van der Waals surface area contributed by atoms with Crippen LogP contribution in [0.3, 0.4) is 0 Å². The van der Waals surface area contributed by atoms with E-state index in [-0.39, 0.29) is 12.3 Å². The second-order valence-electron chi connectivity index (χ2n) is 7.55. The predicted octanol–water partition coefficient (Wildman–Crippen LogP) is 4.01. The normalized spacial score (nSPS) is 29.3. The molecule has 0 spiro atoms. The standard InChI is InChI=1S/C21H30N2O3/c1-20(24-2,25-3)12-8-14-21(16-22)13-7-11-19-23(21)18(15-26-19)17-9-5-4-6-10-17/h4-6,9-10,18-19H,7-8,11-15H2,1-3H3/t18-,19+,21+/m1/s1. The Bertz CT molecular complexity index is 626. The summed E-state index contributed by atoms with van der Waals surface area (Å²) < 4.78 is 17.0. The van der Waals surface area contributed by atoms with E-state index in [2.05, 4.69) is 35.2 Å². The molecule has 2 aliphatic rings. The maximum absolute atomic E-state index is 10.2. The van der Waals surface area contributed by atoms with Crippen molar-refractivity contribution in [2.45, 2.75) is 69.0 Å². The molecule has 3 atom stereocenters. The SMILES string of the molecule is COC(C)(CCC[C@]1(C#N)CCC[C@@H]2OC[C@H](c3ccccc3)N21)OC. The molecule has 142 valence electrons. The molecule has 0 aromatic heterocycles. The van der Waals surface area contributed by atoms with Gasteiger partial charge in [0.1, 0.15) is 11.8 Å². The average molecular weight is 358 g/mol. The highest BCUT2D eigenvalue weighted by Crippen LogP contribution is 2.46. The molecule has 0 bridgehead atoms. The van der Waals surface area contributed by atoms with E-state index in [0.717, 1.165) is 38.5 Å². The summed E-state index contributed by atoms with van der Waals surface area (Å²) in [5, 5.41) is 10.2. The fraction of sp³-hybridized carbons (Fsp3) is 0.667. The summed E-state index contributed by atoms with van der Waals surface area (Å²) in [6, 6.07) is 13.2. The van der Waals surface area contributed by atoms with E-state index in [1.165, 1.54) is 5.56 Å². The van der Waals surface area contributed by atoms with Gasteiger partial charge in [-0.05, 0) is 44.6 Å². The van der Waals surface area contributed by atoms with E-state index in [1.807, 2.05) is 13.0 Å². The molecule has 0 amide bonds. The Morgan fingerprint density at radius 1 is 1.31 bits per heavy atom. The maximum atomic E-state index is 10.2. The minimum absolute atomic E-state index is 0.0461. The first-order valence-corrected chi connectivity index (χ1v) is 9.54. The number of fused-ring (bicyclic) bond motifs is 1. The molecule has 0 saturated carbocycles. The Morgan fingerprint density at radius 3 is 2.69 bits per heavy atom. The molecule has 2 fully saturated rings.